The van der Waals surface area contributed by atoms with Gasteiger partial charge in [-0.1, -0.05) is 17.2 Å². The van der Waals surface area contributed by atoms with Crippen molar-refractivity contribution in [2.75, 3.05) is 5.32 Å². The Morgan fingerprint density at radius 1 is 1.04 bits per heavy atom. The van der Waals surface area contributed by atoms with Crippen LogP contribution in [0, 0.1) is 26.0 Å². The van der Waals surface area contributed by atoms with Crippen LogP contribution in [0.5, 0.6) is 0 Å². The first-order valence-electron chi connectivity index (χ1n) is 7.64. The van der Waals surface area contributed by atoms with E-state index >= 15 is 0 Å². The van der Waals surface area contributed by atoms with Gasteiger partial charge in [-0.15, -0.1) is 5.10 Å². The molecule has 28 heavy (non-hydrogen) atoms. The van der Waals surface area contributed by atoms with Gasteiger partial charge in [0.1, 0.15) is 5.82 Å². The molecule has 0 spiro atoms. The van der Waals surface area contributed by atoms with Gasteiger partial charge in [-0.05, 0) is 17.7 Å². The number of halogens is 1. The minimum absolute atomic E-state index is 0.131. The highest BCUT2D eigenvalue weighted by atomic mass is 19.1. The van der Waals surface area contributed by atoms with Gasteiger partial charge in [0.25, 0.3) is 17.3 Å². The van der Waals surface area contributed by atoms with Crippen molar-refractivity contribution >= 4 is 23.3 Å². The number of rotatable bonds is 6. The molecule has 0 unspecified atom stereocenters. The fourth-order valence-corrected chi connectivity index (χ4v) is 2.26. The maximum atomic E-state index is 12.9. The summed E-state index contributed by atoms with van der Waals surface area (Å²) in [4.78, 5) is 32.3. The molecule has 142 valence electrons. The fraction of sp³-hybridized carbons (Fsp3) is 0.0625. The van der Waals surface area contributed by atoms with E-state index in [4.69, 9.17) is 4.42 Å². The third-order valence-corrected chi connectivity index (χ3v) is 3.54. The summed E-state index contributed by atoms with van der Waals surface area (Å²) in [6, 6.07) is 7.81. The summed E-state index contributed by atoms with van der Waals surface area (Å²) in [6.07, 6.45) is 0.186. The Balaban J connectivity index is 1.76. The average molecular weight is 387 g/mol. The van der Waals surface area contributed by atoms with E-state index in [1.807, 2.05) is 0 Å². The van der Waals surface area contributed by atoms with Crippen LogP contribution in [-0.2, 0) is 6.42 Å². The molecule has 0 fully saturated rings. The minimum Gasteiger partial charge on any atom is -0.407 e. The van der Waals surface area contributed by atoms with Gasteiger partial charge in [0.05, 0.1) is 27.9 Å². The van der Waals surface area contributed by atoms with Crippen molar-refractivity contribution in [2.45, 2.75) is 6.42 Å². The number of nitro benzene ring substituents is 2. The molecule has 1 aromatic heterocycles. The number of non-ortho nitro benzene ring substituents is 2. The van der Waals surface area contributed by atoms with Gasteiger partial charge < -0.3 is 4.42 Å². The Morgan fingerprint density at radius 3 is 2.21 bits per heavy atom. The highest BCUT2D eigenvalue weighted by molar-refractivity contribution is 6.04. The first kappa shape index (κ1) is 18.6. The molecular formula is C16H10FN5O6. The number of nitrogens with zero attached hydrogens (tertiary/aromatic N) is 4. The van der Waals surface area contributed by atoms with Gasteiger partial charge in [0.2, 0.25) is 5.89 Å². The van der Waals surface area contributed by atoms with Gasteiger partial charge in [-0.2, -0.15) is 0 Å². The van der Waals surface area contributed by atoms with E-state index in [1.54, 1.807) is 0 Å². The molecule has 1 amide bonds. The SMILES string of the molecule is O=C(Nc1nnc(Cc2ccc(F)cc2)o1)c1cc([N+](=O)[O-])cc([N+](=O)[O-])c1. The zero-order valence-electron chi connectivity index (χ0n) is 13.9. The number of aromatic nitrogens is 2. The zero-order chi connectivity index (χ0) is 20.3. The van der Waals surface area contributed by atoms with Crippen LogP contribution in [0.1, 0.15) is 21.8 Å². The number of carbonyl (C=O) groups is 1. The highest BCUT2D eigenvalue weighted by Gasteiger charge is 2.21. The predicted octanol–water partition coefficient (Wildman–Crippen LogP) is 2.87. The number of hydrogen-bond donors (Lipinski definition) is 1. The molecule has 0 radical (unpaired) electrons. The standard InChI is InChI=1S/C16H10FN5O6/c17-11-3-1-9(2-4-11)5-14-19-20-16(28-14)18-15(23)10-6-12(21(24)25)8-13(7-10)22(26)27/h1-4,6-8H,5H2,(H,18,20,23). The van der Waals surface area contributed by atoms with E-state index in [9.17, 15) is 29.4 Å². The Hall–Kier alpha value is -4.22. The molecule has 0 aliphatic heterocycles. The highest BCUT2D eigenvalue weighted by Crippen LogP contribution is 2.23. The van der Waals surface area contributed by atoms with E-state index in [0.29, 0.717) is 5.56 Å². The molecule has 2 aromatic carbocycles. The summed E-state index contributed by atoms with van der Waals surface area (Å²) in [7, 11) is 0. The molecule has 3 rings (SSSR count). The number of hydrogen-bond acceptors (Lipinski definition) is 8. The van der Waals surface area contributed by atoms with E-state index < -0.39 is 32.9 Å². The topological polar surface area (TPSA) is 154 Å². The van der Waals surface area contributed by atoms with E-state index in [2.05, 4.69) is 15.5 Å². The molecule has 12 heteroatoms. The second-order valence-electron chi connectivity index (χ2n) is 5.51. The lowest BCUT2D eigenvalue weighted by molar-refractivity contribution is -0.394. The van der Waals surface area contributed by atoms with E-state index in [1.165, 1.54) is 24.3 Å². The number of nitrogens with one attached hydrogen (secondary N) is 1. The molecule has 0 aliphatic rings. The van der Waals surface area contributed by atoms with Crippen molar-refractivity contribution in [1.29, 1.82) is 0 Å². The summed E-state index contributed by atoms with van der Waals surface area (Å²) in [6.45, 7) is 0. The van der Waals surface area contributed by atoms with Crippen LogP contribution in [0.3, 0.4) is 0 Å². The first-order chi connectivity index (χ1) is 13.3. The molecular weight excluding hydrogens is 377 g/mol. The third kappa shape index (κ3) is 4.30. The van der Waals surface area contributed by atoms with Crippen LogP contribution in [0.2, 0.25) is 0 Å². The molecule has 1 N–H and O–H groups in total. The Kier molecular flexibility index (Phi) is 5.02. The molecule has 0 bridgehead atoms. The van der Waals surface area contributed by atoms with Gasteiger partial charge in [-0.3, -0.25) is 30.3 Å². The monoisotopic (exact) mass is 387 g/mol. The molecule has 3 aromatic rings. The van der Waals surface area contributed by atoms with Crippen molar-refractivity contribution in [2.24, 2.45) is 0 Å². The van der Waals surface area contributed by atoms with Gasteiger partial charge in [0, 0.05) is 12.1 Å². The Labute approximate surface area is 155 Å². The van der Waals surface area contributed by atoms with Crippen molar-refractivity contribution in [1.82, 2.24) is 10.2 Å². The van der Waals surface area contributed by atoms with E-state index in [-0.39, 0.29) is 23.9 Å². The first-order valence-corrected chi connectivity index (χ1v) is 7.64. The van der Waals surface area contributed by atoms with Gasteiger partial charge >= 0.3 is 6.01 Å². The quantitative estimate of drug-likeness (QED) is 0.500. The van der Waals surface area contributed by atoms with Crippen LogP contribution in [0.4, 0.5) is 21.8 Å². The molecule has 1 heterocycles. The zero-order valence-corrected chi connectivity index (χ0v) is 13.9. The summed E-state index contributed by atoms with van der Waals surface area (Å²) < 4.78 is 18.2. The average Bonchev–Trinajstić information content (AvgIpc) is 3.10. The lowest BCUT2D eigenvalue weighted by Gasteiger charge is -2.01. The summed E-state index contributed by atoms with van der Waals surface area (Å²) in [5.74, 6) is -1.16. The van der Waals surface area contributed by atoms with Crippen LogP contribution in [0.15, 0.2) is 46.9 Å². The molecule has 0 atom stereocenters. The Bertz CT molecular complexity index is 1030. The van der Waals surface area contributed by atoms with Crippen molar-refractivity contribution in [3.05, 3.63) is 85.5 Å². The summed E-state index contributed by atoms with van der Waals surface area (Å²) in [5, 5.41) is 31.4. The van der Waals surface area contributed by atoms with Gasteiger partial charge in [-0.25, -0.2) is 4.39 Å². The predicted molar refractivity (Wildman–Crippen MR) is 91.2 cm³/mol. The molecule has 0 aliphatic carbocycles. The van der Waals surface area contributed by atoms with Crippen LogP contribution in [0.25, 0.3) is 0 Å². The number of amides is 1. The van der Waals surface area contributed by atoms with Gasteiger partial charge in [0.15, 0.2) is 0 Å². The lowest BCUT2D eigenvalue weighted by Crippen LogP contribution is -2.13. The maximum absolute atomic E-state index is 12.9. The minimum atomic E-state index is -0.899. The Morgan fingerprint density at radius 2 is 1.64 bits per heavy atom. The maximum Gasteiger partial charge on any atom is 0.322 e. The largest absolute Gasteiger partial charge is 0.407 e. The molecule has 11 nitrogen and oxygen atoms in total. The van der Waals surface area contributed by atoms with Crippen LogP contribution >= 0.6 is 0 Å². The van der Waals surface area contributed by atoms with Crippen molar-refractivity contribution in [3.8, 4) is 0 Å². The molecule has 0 saturated heterocycles. The van der Waals surface area contributed by atoms with Crippen molar-refractivity contribution < 1.29 is 23.4 Å². The number of benzene rings is 2. The van der Waals surface area contributed by atoms with Crippen LogP contribution < -0.4 is 5.32 Å². The van der Waals surface area contributed by atoms with E-state index in [0.717, 1.165) is 18.2 Å². The number of carbonyl (C=O) groups excluding carboxylic acids is 1. The summed E-state index contributed by atoms with van der Waals surface area (Å²) >= 11 is 0. The number of anilines is 1. The van der Waals surface area contributed by atoms with Crippen LogP contribution in [-0.4, -0.2) is 26.0 Å². The second-order valence-corrected chi connectivity index (χ2v) is 5.51. The fourth-order valence-electron chi connectivity index (χ4n) is 2.26. The van der Waals surface area contributed by atoms with Crippen molar-refractivity contribution in [3.63, 3.8) is 0 Å². The lowest BCUT2D eigenvalue weighted by atomic mass is 10.1. The normalized spacial score (nSPS) is 10.5. The second kappa shape index (κ2) is 7.57. The summed E-state index contributed by atoms with van der Waals surface area (Å²) in [5.41, 5.74) is -0.847. The smallest absolute Gasteiger partial charge is 0.322 e. The third-order valence-electron chi connectivity index (χ3n) is 3.54. The molecule has 0 saturated carbocycles. The number of nitro groups is 2.